The fraction of sp³-hybridized carbons (Fsp3) is 0.200. The number of fused-ring (bicyclic) bond motifs is 1. The van der Waals surface area contributed by atoms with Crippen LogP contribution in [-0.2, 0) is 16.4 Å². The second-order valence-corrected chi connectivity index (χ2v) is 6.60. The summed E-state index contributed by atoms with van der Waals surface area (Å²) in [6.45, 7) is 0.416. The van der Waals surface area contributed by atoms with Gasteiger partial charge in [-0.1, -0.05) is 18.2 Å². The third-order valence-corrected chi connectivity index (χ3v) is 5.36. The van der Waals surface area contributed by atoms with Crippen molar-refractivity contribution in [2.24, 2.45) is 0 Å². The summed E-state index contributed by atoms with van der Waals surface area (Å²) in [6.07, 6.45) is 3.04. The normalized spacial score (nSPS) is 14.3. The number of benzene rings is 1. The maximum Gasteiger partial charge on any atom is 0.267 e. The zero-order valence-electron chi connectivity index (χ0n) is 11.2. The van der Waals surface area contributed by atoms with Gasteiger partial charge in [-0.2, -0.15) is 5.26 Å². The Bertz CT molecular complexity index is 825. The molecule has 0 spiro atoms. The molecule has 0 unspecified atom stereocenters. The van der Waals surface area contributed by atoms with Gasteiger partial charge in [-0.3, -0.25) is 4.31 Å². The molecule has 106 valence electrons. The van der Waals surface area contributed by atoms with E-state index in [0.29, 0.717) is 12.2 Å². The van der Waals surface area contributed by atoms with Crippen molar-refractivity contribution in [3.05, 3.63) is 53.9 Å². The summed E-state index contributed by atoms with van der Waals surface area (Å²) in [6, 6.07) is 12.3. The van der Waals surface area contributed by atoms with Gasteiger partial charge in [-0.05, 0) is 36.6 Å². The molecule has 0 fully saturated rings. The lowest BCUT2D eigenvalue weighted by Gasteiger charge is -2.30. The highest BCUT2D eigenvalue weighted by Crippen LogP contribution is 2.32. The fourth-order valence-electron chi connectivity index (χ4n) is 2.55. The van der Waals surface area contributed by atoms with Crippen molar-refractivity contribution in [1.29, 1.82) is 5.26 Å². The summed E-state index contributed by atoms with van der Waals surface area (Å²) >= 11 is 0. The van der Waals surface area contributed by atoms with Crippen molar-refractivity contribution in [2.45, 2.75) is 17.7 Å². The van der Waals surface area contributed by atoms with E-state index in [1.165, 1.54) is 22.6 Å². The van der Waals surface area contributed by atoms with Crippen molar-refractivity contribution in [3.8, 4) is 6.07 Å². The Morgan fingerprint density at radius 1 is 1.19 bits per heavy atom. The zero-order valence-corrected chi connectivity index (χ0v) is 12.0. The lowest BCUT2D eigenvalue weighted by atomic mass is 10.0. The number of nitrogens with zero attached hydrogens (tertiary/aromatic N) is 3. The molecule has 0 aliphatic carbocycles. The van der Waals surface area contributed by atoms with Gasteiger partial charge in [-0.15, -0.1) is 0 Å². The predicted molar refractivity (Wildman–Crippen MR) is 78.2 cm³/mol. The number of nitriles is 1. The number of pyridine rings is 1. The lowest BCUT2D eigenvalue weighted by molar-refractivity contribution is 0.586. The lowest BCUT2D eigenvalue weighted by Crippen LogP contribution is -2.35. The first-order valence-corrected chi connectivity index (χ1v) is 8.04. The van der Waals surface area contributed by atoms with Crippen LogP contribution < -0.4 is 4.31 Å². The largest absolute Gasteiger partial charge is 0.267 e. The van der Waals surface area contributed by atoms with Crippen LogP contribution in [0.5, 0.6) is 0 Å². The van der Waals surface area contributed by atoms with E-state index in [1.807, 2.05) is 24.3 Å². The molecule has 21 heavy (non-hydrogen) atoms. The maximum atomic E-state index is 12.9. The molecule has 0 amide bonds. The Hall–Kier alpha value is -2.39. The molecule has 2 aromatic rings. The second kappa shape index (κ2) is 5.19. The Balaban J connectivity index is 2.15. The second-order valence-electron chi connectivity index (χ2n) is 4.77. The fourth-order valence-corrected chi connectivity index (χ4v) is 4.19. The summed E-state index contributed by atoms with van der Waals surface area (Å²) in [5.74, 6) is 0. The van der Waals surface area contributed by atoms with Crippen LogP contribution in [0.1, 0.15) is 17.7 Å². The van der Waals surface area contributed by atoms with Crippen LogP contribution >= 0.6 is 0 Å². The molecule has 1 aliphatic rings. The minimum absolute atomic E-state index is 0.0378. The summed E-state index contributed by atoms with van der Waals surface area (Å²) in [4.78, 5) is 3.81. The standard InChI is InChI=1S/C15H13N3O2S/c16-11-13-15(8-3-9-17-13)21(19,20)18-10-4-6-12-5-1-2-7-14(12)18/h1-3,5,7-9H,4,6,10H2. The first kappa shape index (κ1) is 13.6. The zero-order chi connectivity index (χ0) is 14.9. The summed E-state index contributed by atoms with van der Waals surface area (Å²) in [5.41, 5.74) is 1.63. The van der Waals surface area contributed by atoms with Crippen molar-refractivity contribution in [1.82, 2.24) is 4.98 Å². The van der Waals surface area contributed by atoms with Crippen molar-refractivity contribution >= 4 is 15.7 Å². The summed E-state index contributed by atoms with van der Waals surface area (Å²) < 4.78 is 27.1. The monoisotopic (exact) mass is 299 g/mol. The number of rotatable bonds is 2. The van der Waals surface area contributed by atoms with Gasteiger partial charge in [-0.25, -0.2) is 13.4 Å². The average Bonchev–Trinajstić information content (AvgIpc) is 2.54. The first-order valence-electron chi connectivity index (χ1n) is 6.60. The number of sulfonamides is 1. The highest BCUT2D eigenvalue weighted by atomic mass is 32.2. The Kier molecular flexibility index (Phi) is 3.35. The van der Waals surface area contributed by atoms with Gasteiger partial charge < -0.3 is 0 Å². The first-order chi connectivity index (χ1) is 10.1. The van der Waals surface area contributed by atoms with Gasteiger partial charge in [0.15, 0.2) is 5.69 Å². The van der Waals surface area contributed by atoms with E-state index in [9.17, 15) is 8.42 Å². The van der Waals surface area contributed by atoms with E-state index < -0.39 is 10.0 Å². The molecule has 0 bridgehead atoms. The van der Waals surface area contributed by atoms with E-state index in [2.05, 4.69) is 4.98 Å². The molecule has 3 rings (SSSR count). The van der Waals surface area contributed by atoms with E-state index in [4.69, 9.17) is 5.26 Å². The highest BCUT2D eigenvalue weighted by Gasteiger charge is 2.31. The van der Waals surface area contributed by atoms with Crippen molar-refractivity contribution < 1.29 is 8.42 Å². The molecule has 1 aliphatic heterocycles. The molecule has 0 atom stereocenters. The average molecular weight is 299 g/mol. The molecule has 0 radical (unpaired) electrons. The molecule has 1 aromatic heterocycles. The Morgan fingerprint density at radius 3 is 2.81 bits per heavy atom. The van der Waals surface area contributed by atoms with Gasteiger partial charge >= 0.3 is 0 Å². The van der Waals surface area contributed by atoms with E-state index >= 15 is 0 Å². The minimum Gasteiger partial charge on any atom is -0.266 e. The van der Waals surface area contributed by atoms with Crippen LogP contribution in [0.15, 0.2) is 47.5 Å². The quantitative estimate of drug-likeness (QED) is 0.851. The summed E-state index contributed by atoms with van der Waals surface area (Å²) in [5, 5.41) is 9.08. The third kappa shape index (κ3) is 2.26. The topological polar surface area (TPSA) is 74.1 Å². The smallest absolute Gasteiger partial charge is 0.266 e. The number of hydrogen-bond donors (Lipinski definition) is 0. The maximum absolute atomic E-state index is 12.9. The van der Waals surface area contributed by atoms with E-state index in [0.717, 1.165) is 18.4 Å². The summed E-state index contributed by atoms with van der Waals surface area (Å²) in [7, 11) is -3.77. The van der Waals surface area contributed by atoms with Crippen molar-refractivity contribution in [3.63, 3.8) is 0 Å². The van der Waals surface area contributed by atoms with Crippen LogP contribution in [0.25, 0.3) is 0 Å². The molecule has 0 N–H and O–H groups in total. The SMILES string of the molecule is N#Cc1ncccc1S(=O)(=O)N1CCCc2ccccc21. The van der Waals surface area contributed by atoms with Crippen LogP contribution in [-0.4, -0.2) is 19.9 Å². The van der Waals surface area contributed by atoms with E-state index in [-0.39, 0.29) is 10.6 Å². The Labute approximate surface area is 123 Å². The molecule has 1 aromatic carbocycles. The Morgan fingerprint density at radius 2 is 2.00 bits per heavy atom. The predicted octanol–water partition coefficient (Wildman–Crippen LogP) is 2.09. The molecule has 0 saturated heterocycles. The van der Waals surface area contributed by atoms with Gasteiger partial charge in [0.25, 0.3) is 10.0 Å². The van der Waals surface area contributed by atoms with Gasteiger partial charge in [0.1, 0.15) is 11.0 Å². The number of aryl methyl sites for hydroxylation is 1. The van der Waals surface area contributed by atoms with E-state index in [1.54, 1.807) is 6.07 Å². The van der Waals surface area contributed by atoms with Crippen LogP contribution in [0.3, 0.4) is 0 Å². The minimum atomic E-state index is -3.77. The number of anilines is 1. The van der Waals surface area contributed by atoms with Crippen LogP contribution in [0, 0.1) is 11.3 Å². The molecule has 0 saturated carbocycles. The number of aromatic nitrogens is 1. The molecular weight excluding hydrogens is 286 g/mol. The van der Waals surface area contributed by atoms with Gasteiger partial charge in [0, 0.05) is 12.7 Å². The molecule has 6 heteroatoms. The molecule has 2 heterocycles. The van der Waals surface area contributed by atoms with Crippen molar-refractivity contribution in [2.75, 3.05) is 10.8 Å². The van der Waals surface area contributed by atoms with Gasteiger partial charge in [0.05, 0.1) is 5.69 Å². The molecular formula is C15H13N3O2S. The number of para-hydroxylation sites is 1. The highest BCUT2D eigenvalue weighted by molar-refractivity contribution is 7.92. The third-order valence-electron chi connectivity index (χ3n) is 3.51. The molecule has 5 nitrogen and oxygen atoms in total. The van der Waals surface area contributed by atoms with Crippen LogP contribution in [0.4, 0.5) is 5.69 Å². The van der Waals surface area contributed by atoms with Crippen LogP contribution in [0.2, 0.25) is 0 Å². The van der Waals surface area contributed by atoms with Gasteiger partial charge in [0.2, 0.25) is 0 Å². The number of hydrogen-bond acceptors (Lipinski definition) is 4.